The molecule has 5 rings (SSSR count). The normalized spacial score (nSPS) is 15.4. The van der Waals surface area contributed by atoms with Crippen LogP contribution in [-0.2, 0) is 0 Å². The molecule has 0 N–H and O–H groups in total. The second-order valence-corrected chi connectivity index (χ2v) is 8.42. The first kappa shape index (κ1) is 21.5. The molecule has 0 spiro atoms. The Labute approximate surface area is 198 Å². The molecule has 1 fully saturated rings. The Morgan fingerprint density at radius 2 is 1.55 bits per heavy atom. The van der Waals surface area contributed by atoms with E-state index in [2.05, 4.69) is 44.3 Å². The third-order valence-corrected chi connectivity index (χ3v) is 6.25. The molecule has 4 aromatic rings. The van der Waals surface area contributed by atoms with Gasteiger partial charge in [0.05, 0.1) is 7.11 Å². The molecule has 3 aromatic carbocycles. The highest BCUT2D eigenvalue weighted by atomic mass is 35.5. The predicted octanol–water partition coefficient (Wildman–Crippen LogP) is 5.31. The van der Waals surface area contributed by atoms with Crippen molar-refractivity contribution in [2.75, 3.05) is 38.2 Å². The average Bonchev–Trinajstić information content (AvgIpc) is 3.35. The van der Waals surface area contributed by atoms with Crippen molar-refractivity contribution in [2.24, 2.45) is 0 Å². The van der Waals surface area contributed by atoms with Gasteiger partial charge in [-0.2, -0.15) is 0 Å². The van der Waals surface area contributed by atoms with E-state index < -0.39 is 0 Å². The summed E-state index contributed by atoms with van der Waals surface area (Å²) in [5.41, 5.74) is 3.20. The highest BCUT2D eigenvalue weighted by Gasteiger charge is 2.30. The van der Waals surface area contributed by atoms with E-state index in [0.29, 0.717) is 16.8 Å². The molecule has 0 saturated carbocycles. The van der Waals surface area contributed by atoms with Crippen LogP contribution in [0, 0.1) is 0 Å². The zero-order chi connectivity index (χ0) is 22.6. The first-order valence-electron chi connectivity index (χ1n) is 11.0. The zero-order valence-corrected chi connectivity index (χ0v) is 19.2. The van der Waals surface area contributed by atoms with Crippen LogP contribution >= 0.6 is 11.6 Å². The van der Waals surface area contributed by atoms with Crippen LogP contribution in [0.25, 0.3) is 11.5 Å². The van der Waals surface area contributed by atoms with Gasteiger partial charge in [-0.3, -0.25) is 4.90 Å². The number of piperazine rings is 1. The molecule has 0 aliphatic carbocycles. The van der Waals surface area contributed by atoms with Crippen LogP contribution in [0.4, 0.5) is 5.69 Å². The van der Waals surface area contributed by atoms with Crippen molar-refractivity contribution in [1.29, 1.82) is 0 Å². The Morgan fingerprint density at radius 3 is 2.21 bits per heavy atom. The smallest absolute Gasteiger partial charge is 0.247 e. The molecular weight excluding hydrogens is 436 g/mol. The molecule has 0 bridgehead atoms. The summed E-state index contributed by atoms with van der Waals surface area (Å²) in [5.74, 6) is 1.97. The summed E-state index contributed by atoms with van der Waals surface area (Å²) in [5, 5.41) is 9.45. The molecule has 1 saturated heterocycles. The van der Waals surface area contributed by atoms with Crippen molar-refractivity contribution < 1.29 is 9.15 Å². The van der Waals surface area contributed by atoms with Gasteiger partial charge in [0.1, 0.15) is 11.8 Å². The lowest BCUT2D eigenvalue weighted by molar-refractivity contribution is 0.188. The Balaban J connectivity index is 1.37. The maximum atomic E-state index is 6.18. The molecule has 168 valence electrons. The molecule has 1 aliphatic heterocycles. The van der Waals surface area contributed by atoms with Crippen molar-refractivity contribution in [3.8, 4) is 17.2 Å². The predicted molar refractivity (Wildman–Crippen MR) is 130 cm³/mol. The fraction of sp³-hybridized carbons (Fsp3) is 0.231. The van der Waals surface area contributed by atoms with Gasteiger partial charge in [-0.15, -0.1) is 10.2 Å². The van der Waals surface area contributed by atoms with E-state index in [9.17, 15) is 0 Å². The Hall–Kier alpha value is -3.35. The van der Waals surface area contributed by atoms with E-state index >= 15 is 0 Å². The number of anilines is 1. The van der Waals surface area contributed by atoms with E-state index in [4.69, 9.17) is 20.8 Å². The van der Waals surface area contributed by atoms with E-state index in [1.54, 1.807) is 7.11 Å². The van der Waals surface area contributed by atoms with E-state index in [1.807, 2.05) is 54.6 Å². The van der Waals surface area contributed by atoms with Crippen LogP contribution in [0.5, 0.6) is 5.75 Å². The van der Waals surface area contributed by atoms with Crippen LogP contribution in [0.15, 0.2) is 83.3 Å². The Kier molecular flexibility index (Phi) is 6.28. The van der Waals surface area contributed by atoms with Gasteiger partial charge in [-0.25, -0.2) is 0 Å². The van der Waals surface area contributed by atoms with E-state index in [0.717, 1.165) is 43.1 Å². The maximum Gasteiger partial charge on any atom is 0.247 e. The lowest BCUT2D eigenvalue weighted by Crippen LogP contribution is -2.48. The van der Waals surface area contributed by atoms with Crippen LogP contribution in [-0.4, -0.2) is 48.4 Å². The summed E-state index contributed by atoms with van der Waals surface area (Å²) in [4.78, 5) is 4.81. The zero-order valence-electron chi connectivity index (χ0n) is 18.4. The molecule has 2 heterocycles. The largest absolute Gasteiger partial charge is 0.497 e. The molecule has 0 amide bonds. The second-order valence-electron chi connectivity index (χ2n) is 7.99. The quantitative estimate of drug-likeness (QED) is 0.388. The molecular formula is C26H25ClN4O2. The number of benzene rings is 3. The highest BCUT2D eigenvalue weighted by Crippen LogP contribution is 2.32. The third kappa shape index (κ3) is 4.72. The minimum atomic E-state index is -0.0993. The summed E-state index contributed by atoms with van der Waals surface area (Å²) in [6.07, 6.45) is 0. The van der Waals surface area contributed by atoms with Crippen LogP contribution in [0.1, 0.15) is 17.5 Å². The van der Waals surface area contributed by atoms with Gasteiger partial charge in [0.25, 0.3) is 0 Å². The average molecular weight is 461 g/mol. The van der Waals surface area contributed by atoms with E-state index in [1.165, 1.54) is 5.69 Å². The van der Waals surface area contributed by atoms with Crippen molar-refractivity contribution in [1.82, 2.24) is 15.1 Å². The fourth-order valence-corrected chi connectivity index (χ4v) is 4.36. The molecule has 1 aliphatic rings. The minimum Gasteiger partial charge on any atom is -0.497 e. The van der Waals surface area contributed by atoms with E-state index in [-0.39, 0.29) is 6.04 Å². The second kappa shape index (κ2) is 9.65. The van der Waals surface area contributed by atoms with Gasteiger partial charge >= 0.3 is 0 Å². The van der Waals surface area contributed by atoms with Crippen molar-refractivity contribution in [2.45, 2.75) is 6.04 Å². The lowest BCUT2D eigenvalue weighted by Gasteiger charge is -2.39. The molecule has 7 heteroatoms. The lowest BCUT2D eigenvalue weighted by atomic mass is 10.0. The minimum absolute atomic E-state index is 0.0993. The number of halogens is 1. The van der Waals surface area contributed by atoms with Gasteiger partial charge in [0.2, 0.25) is 11.8 Å². The maximum absolute atomic E-state index is 6.18. The topological polar surface area (TPSA) is 54.6 Å². The van der Waals surface area contributed by atoms with Gasteiger partial charge in [-0.05, 0) is 54.1 Å². The monoisotopic (exact) mass is 460 g/mol. The number of rotatable bonds is 6. The summed E-state index contributed by atoms with van der Waals surface area (Å²) >= 11 is 6.02. The number of ether oxygens (including phenoxy) is 1. The molecule has 6 nitrogen and oxygen atoms in total. The first-order valence-corrected chi connectivity index (χ1v) is 11.4. The van der Waals surface area contributed by atoms with Gasteiger partial charge in [-0.1, -0.05) is 41.9 Å². The molecule has 1 atom stereocenters. The summed E-state index contributed by atoms with van der Waals surface area (Å²) in [7, 11) is 1.69. The SMILES string of the molecule is COc1ccc(N2CCN(C(c3ccccc3)c3nnc(-c4ccc(Cl)cc4)o3)CC2)cc1. The molecule has 0 radical (unpaired) electrons. The number of hydrogen-bond donors (Lipinski definition) is 0. The molecule has 1 unspecified atom stereocenters. The number of nitrogens with zero attached hydrogens (tertiary/aromatic N) is 4. The highest BCUT2D eigenvalue weighted by molar-refractivity contribution is 6.30. The molecule has 33 heavy (non-hydrogen) atoms. The van der Waals surface area contributed by atoms with Crippen LogP contribution in [0.2, 0.25) is 5.02 Å². The van der Waals surface area contributed by atoms with Gasteiger partial charge in [0, 0.05) is 42.5 Å². The van der Waals surface area contributed by atoms with Crippen molar-refractivity contribution in [3.05, 3.63) is 95.3 Å². The number of hydrogen-bond acceptors (Lipinski definition) is 6. The number of aromatic nitrogens is 2. The fourth-order valence-electron chi connectivity index (χ4n) is 4.23. The Morgan fingerprint density at radius 1 is 0.848 bits per heavy atom. The summed E-state index contributed by atoms with van der Waals surface area (Å²) < 4.78 is 11.5. The molecule has 1 aromatic heterocycles. The standard InChI is InChI=1S/C26H25ClN4O2/c1-32-23-13-11-22(12-14-23)30-15-17-31(18-16-30)24(19-5-3-2-4-6-19)26-29-28-25(33-26)20-7-9-21(27)10-8-20/h2-14,24H,15-18H2,1H3. The van der Waals surface area contributed by atoms with Crippen LogP contribution in [0.3, 0.4) is 0 Å². The van der Waals surface area contributed by atoms with Gasteiger partial charge in [0.15, 0.2) is 0 Å². The first-order chi connectivity index (χ1) is 16.2. The number of methoxy groups -OCH3 is 1. The van der Waals surface area contributed by atoms with Crippen molar-refractivity contribution in [3.63, 3.8) is 0 Å². The van der Waals surface area contributed by atoms with Crippen LogP contribution < -0.4 is 9.64 Å². The summed E-state index contributed by atoms with van der Waals surface area (Å²) in [6.45, 7) is 3.58. The third-order valence-electron chi connectivity index (χ3n) is 6.00. The summed E-state index contributed by atoms with van der Waals surface area (Å²) in [6, 6.07) is 25.9. The van der Waals surface area contributed by atoms with Gasteiger partial charge < -0.3 is 14.1 Å². The van der Waals surface area contributed by atoms with Crippen molar-refractivity contribution >= 4 is 17.3 Å². The Bertz CT molecular complexity index is 1170.